The standard InChI is InChI=1S/C48H93NO3/c1-3-5-7-9-11-13-15-17-18-19-20-21-22-23-24-25-26-27-28-29-30-32-34-36-38-40-42-44-48(52)49-46(45-50)47(51)43-41-39-37-35-33-31-16-14-12-10-8-6-4-2/h20-21,23-24,46-47,50-51H,3-19,22,25-45H2,1-2H3,(H,49,52)/b21-20-,24-23-. The van der Waals surface area contributed by atoms with E-state index in [0.29, 0.717) is 12.8 Å². The van der Waals surface area contributed by atoms with Crippen LogP contribution < -0.4 is 5.32 Å². The molecule has 0 bridgehead atoms. The van der Waals surface area contributed by atoms with Crippen molar-refractivity contribution in [1.29, 1.82) is 0 Å². The smallest absolute Gasteiger partial charge is 0.220 e. The Morgan fingerprint density at radius 3 is 1.15 bits per heavy atom. The van der Waals surface area contributed by atoms with Gasteiger partial charge in [0.1, 0.15) is 0 Å². The average Bonchev–Trinajstić information content (AvgIpc) is 3.15. The van der Waals surface area contributed by atoms with E-state index in [1.165, 1.54) is 199 Å². The second-order valence-corrected chi connectivity index (χ2v) is 16.2. The zero-order valence-corrected chi connectivity index (χ0v) is 35.3. The molecule has 3 N–H and O–H groups in total. The fourth-order valence-electron chi connectivity index (χ4n) is 7.33. The van der Waals surface area contributed by atoms with Gasteiger partial charge in [-0.25, -0.2) is 0 Å². The molecule has 0 aliphatic rings. The van der Waals surface area contributed by atoms with Gasteiger partial charge in [0.2, 0.25) is 5.91 Å². The number of unbranched alkanes of at least 4 members (excludes halogenated alkanes) is 32. The number of aliphatic hydroxyl groups excluding tert-OH is 2. The van der Waals surface area contributed by atoms with Crippen LogP contribution in [0, 0.1) is 0 Å². The molecule has 0 aromatic heterocycles. The Balaban J connectivity index is 3.47. The lowest BCUT2D eigenvalue weighted by atomic mass is 10.0. The normalized spacial score (nSPS) is 13.1. The van der Waals surface area contributed by atoms with Crippen molar-refractivity contribution >= 4 is 5.91 Å². The number of allylic oxidation sites excluding steroid dienone is 4. The minimum absolute atomic E-state index is 0.0321. The molecular weight excluding hydrogens is 639 g/mol. The number of carbonyl (C=O) groups is 1. The molecule has 52 heavy (non-hydrogen) atoms. The van der Waals surface area contributed by atoms with Gasteiger partial charge in [-0.2, -0.15) is 0 Å². The zero-order valence-electron chi connectivity index (χ0n) is 35.3. The van der Waals surface area contributed by atoms with Crippen LogP contribution >= 0.6 is 0 Å². The predicted octanol–water partition coefficient (Wildman–Crippen LogP) is 14.8. The summed E-state index contributed by atoms with van der Waals surface area (Å²) in [6, 6.07) is -0.535. The van der Waals surface area contributed by atoms with Crippen LogP contribution in [0.4, 0.5) is 0 Å². The number of carbonyl (C=O) groups excluding carboxylic acids is 1. The van der Waals surface area contributed by atoms with Crippen LogP contribution in [0.2, 0.25) is 0 Å². The summed E-state index contributed by atoms with van der Waals surface area (Å²) in [6.07, 6.45) is 57.0. The van der Waals surface area contributed by atoms with E-state index in [-0.39, 0.29) is 12.5 Å². The summed E-state index contributed by atoms with van der Waals surface area (Å²) in [7, 11) is 0. The molecule has 0 aromatic rings. The van der Waals surface area contributed by atoms with Gasteiger partial charge in [0.25, 0.3) is 0 Å². The Morgan fingerprint density at radius 1 is 0.462 bits per heavy atom. The molecule has 0 aliphatic heterocycles. The first-order valence-electron chi connectivity index (χ1n) is 23.5. The van der Waals surface area contributed by atoms with Gasteiger partial charge >= 0.3 is 0 Å². The van der Waals surface area contributed by atoms with Crippen molar-refractivity contribution < 1.29 is 15.0 Å². The van der Waals surface area contributed by atoms with E-state index in [9.17, 15) is 15.0 Å². The summed E-state index contributed by atoms with van der Waals surface area (Å²) in [5, 5.41) is 23.2. The third kappa shape index (κ3) is 40.1. The minimum atomic E-state index is -0.657. The molecule has 4 heteroatoms. The molecule has 0 heterocycles. The van der Waals surface area contributed by atoms with Gasteiger partial charge in [0.15, 0.2) is 0 Å². The molecule has 0 radical (unpaired) electrons. The first-order valence-corrected chi connectivity index (χ1v) is 23.5. The number of aliphatic hydroxyl groups is 2. The molecule has 4 nitrogen and oxygen atoms in total. The minimum Gasteiger partial charge on any atom is -0.394 e. The van der Waals surface area contributed by atoms with E-state index < -0.39 is 12.1 Å². The Morgan fingerprint density at radius 2 is 0.788 bits per heavy atom. The van der Waals surface area contributed by atoms with E-state index in [0.717, 1.165) is 32.1 Å². The van der Waals surface area contributed by atoms with Gasteiger partial charge in [0.05, 0.1) is 18.8 Å². The lowest BCUT2D eigenvalue weighted by molar-refractivity contribution is -0.123. The molecular formula is C48H93NO3. The number of amides is 1. The van der Waals surface area contributed by atoms with Crippen molar-refractivity contribution in [3.63, 3.8) is 0 Å². The van der Waals surface area contributed by atoms with Crippen LogP contribution in [0.25, 0.3) is 0 Å². The second kappa shape index (κ2) is 44.3. The molecule has 308 valence electrons. The highest BCUT2D eigenvalue weighted by Crippen LogP contribution is 2.16. The van der Waals surface area contributed by atoms with Crippen LogP contribution in [0.3, 0.4) is 0 Å². The number of nitrogens with one attached hydrogen (secondary N) is 1. The molecule has 0 saturated heterocycles. The van der Waals surface area contributed by atoms with E-state index >= 15 is 0 Å². The molecule has 1 amide bonds. The SMILES string of the molecule is CCCCCCCCCCC/C=C\C/C=C\CCCCCCCCCCCCCC(=O)NC(CO)C(O)CCCCCCCCCCCCCCC. The summed E-state index contributed by atoms with van der Waals surface area (Å²) in [5.41, 5.74) is 0. The summed E-state index contributed by atoms with van der Waals surface area (Å²) in [4.78, 5) is 12.4. The second-order valence-electron chi connectivity index (χ2n) is 16.2. The monoisotopic (exact) mass is 732 g/mol. The van der Waals surface area contributed by atoms with Crippen LogP contribution in [-0.4, -0.2) is 34.9 Å². The van der Waals surface area contributed by atoms with Gasteiger partial charge in [-0.1, -0.05) is 231 Å². The number of hydrogen-bond acceptors (Lipinski definition) is 3. The largest absolute Gasteiger partial charge is 0.394 e. The highest BCUT2D eigenvalue weighted by Gasteiger charge is 2.20. The summed E-state index contributed by atoms with van der Waals surface area (Å²) >= 11 is 0. The van der Waals surface area contributed by atoms with Gasteiger partial charge in [-0.15, -0.1) is 0 Å². The summed E-state index contributed by atoms with van der Waals surface area (Å²) in [5.74, 6) is -0.0321. The zero-order chi connectivity index (χ0) is 37.8. The van der Waals surface area contributed by atoms with Crippen molar-refractivity contribution in [2.75, 3.05) is 6.61 Å². The van der Waals surface area contributed by atoms with Crippen LogP contribution in [0.5, 0.6) is 0 Å². The highest BCUT2D eigenvalue weighted by molar-refractivity contribution is 5.76. The van der Waals surface area contributed by atoms with Crippen molar-refractivity contribution in [1.82, 2.24) is 5.32 Å². The number of rotatable bonds is 43. The fraction of sp³-hybridized carbons (Fsp3) is 0.896. The third-order valence-corrected chi connectivity index (χ3v) is 11.0. The molecule has 0 saturated carbocycles. The van der Waals surface area contributed by atoms with Gasteiger partial charge < -0.3 is 15.5 Å². The fourth-order valence-corrected chi connectivity index (χ4v) is 7.33. The maximum Gasteiger partial charge on any atom is 0.220 e. The molecule has 0 rings (SSSR count). The average molecular weight is 732 g/mol. The molecule has 0 aliphatic carbocycles. The molecule has 0 spiro atoms. The maximum absolute atomic E-state index is 12.4. The maximum atomic E-state index is 12.4. The van der Waals surface area contributed by atoms with Crippen LogP contribution in [-0.2, 0) is 4.79 Å². The Labute approximate surface area is 326 Å². The van der Waals surface area contributed by atoms with Crippen LogP contribution in [0.1, 0.15) is 258 Å². The Kier molecular flexibility index (Phi) is 43.3. The van der Waals surface area contributed by atoms with Gasteiger partial charge in [0, 0.05) is 6.42 Å². The first-order chi connectivity index (χ1) is 25.7. The quantitative estimate of drug-likeness (QED) is 0.0432. The third-order valence-electron chi connectivity index (χ3n) is 11.0. The molecule has 0 fully saturated rings. The lowest BCUT2D eigenvalue weighted by Gasteiger charge is -2.22. The van der Waals surface area contributed by atoms with E-state index in [1.54, 1.807) is 0 Å². The molecule has 2 atom stereocenters. The summed E-state index contributed by atoms with van der Waals surface area (Å²) in [6.45, 7) is 4.37. The molecule has 0 aromatic carbocycles. The Bertz CT molecular complexity index is 750. The van der Waals surface area contributed by atoms with Gasteiger partial charge in [-0.3, -0.25) is 4.79 Å². The van der Waals surface area contributed by atoms with Crippen molar-refractivity contribution in [2.45, 2.75) is 270 Å². The summed E-state index contributed by atoms with van der Waals surface area (Å²) < 4.78 is 0. The first kappa shape index (κ1) is 50.9. The van der Waals surface area contributed by atoms with E-state index in [4.69, 9.17) is 0 Å². The topological polar surface area (TPSA) is 69.6 Å². The lowest BCUT2D eigenvalue weighted by Crippen LogP contribution is -2.45. The van der Waals surface area contributed by atoms with E-state index in [2.05, 4.69) is 43.5 Å². The highest BCUT2D eigenvalue weighted by atomic mass is 16.3. The van der Waals surface area contributed by atoms with Crippen molar-refractivity contribution in [3.8, 4) is 0 Å². The predicted molar refractivity (Wildman–Crippen MR) is 230 cm³/mol. The van der Waals surface area contributed by atoms with Crippen molar-refractivity contribution in [3.05, 3.63) is 24.3 Å². The van der Waals surface area contributed by atoms with Crippen molar-refractivity contribution in [2.24, 2.45) is 0 Å². The van der Waals surface area contributed by atoms with Gasteiger partial charge in [-0.05, 0) is 44.9 Å². The van der Waals surface area contributed by atoms with E-state index in [1.807, 2.05) is 0 Å². The Hall–Kier alpha value is -1.13. The van der Waals surface area contributed by atoms with Crippen LogP contribution in [0.15, 0.2) is 24.3 Å². The number of hydrogen-bond donors (Lipinski definition) is 3. The molecule has 2 unspecified atom stereocenters.